The van der Waals surface area contributed by atoms with Crippen LogP contribution in [0.5, 0.6) is 0 Å². The van der Waals surface area contributed by atoms with Gasteiger partial charge < -0.3 is 10.4 Å². The molecule has 0 rings (SSSR count). The Bertz CT molecular complexity index is 336. The Morgan fingerprint density at radius 3 is 2.12 bits per heavy atom. The molecule has 2 N–H and O–H groups in total. The largest absolute Gasteiger partial charge is 0.504 e. The Balaban J connectivity index is 4.81. The number of rotatable bonds is 6. The molecule has 0 aliphatic rings. The zero-order valence-electron chi connectivity index (χ0n) is 9.49. The van der Waals surface area contributed by atoms with Gasteiger partial charge in [-0.2, -0.15) is 11.8 Å². The molecule has 0 bridgehead atoms. The van der Waals surface area contributed by atoms with Crippen LogP contribution in [-0.4, -0.2) is 41.1 Å². The van der Waals surface area contributed by atoms with Crippen molar-refractivity contribution in [3.8, 4) is 0 Å². The summed E-state index contributed by atoms with van der Waals surface area (Å²) < 4.78 is 0. The van der Waals surface area contributed by atoms with Crippen molar-refractivity contribution in [2.24, 2.45) is 0 Å². The van der Waals surface area contributed by atoms with Crippen LogP contribution in [0.4, 0.5) is 0 Å². The number of nitrogens with one attached hydrogen (secondary N) is 1. The van der Waals surface area contributed by atoms with E-state index in [1.165, 1.54) is 11.8 Å². The lowest BCUT2D eigenvalue weighted by Crippen LogP contribution is -2.31. The molecule has 90 valence electrons. The van der Waals surface area contributed by atoms with Gasteiger partial charge in [0.2, 0.25) is 0 Å². The average Bonchev–Trinajstić information content (AvgIpc) is 2.17. The van der Waals surface area contributed by atoms with Crippen molar-refractivity contribution in [3.63, 3.8) is 0 Å². The van der Waals surface area contributed by atoms with Gasteiger partial charge in [-0.1, -0.05) is 0 Å². The van der Waals surface area contributed by atoms with E-state index in [9.17, 15) is 19.5 Å². The van der Waals surface area contributed by atoms with Gasteiger partial charge in [0.15, 0.2) is 17.3 Å². The second-order valence-corrected chi connectivity index (χ2v) is 4.07. The van der Waals surface area contributed by atoms with Gasteiger partial charge in [0.25, 0.3) is 5.91 Å². The lowest BCUT2D eigenvalue weighted by Gasteiger charge is -2.06. The second kappa shape index (κ2) is 7.05. The van der Waals surface area contributed by atoms with Gasteiger partial charge in [0.1, 0.15) is 5.57 Å². The maximum atomic E-state index is 11.5. The molecule has 0 unspecified atom stereocenters. The first-order valence-corrected chi connectivity index (χ1v) is 6.03. The molecule has 5 nitrogen and oxygen atoms in total. The predicted molar refractivity (Wildman–Crippen MR) is 62.4 cm³/mol. The van der Waals surface area contributed by atoms with E-state index in [4.69, 9.17) is 0 Å². The van der Waals surface area contributed by atoms with E-state index in [0.717, 1.165) is 13.8 Å². The zero-order valence-corrected chi connectivity index (χ0v) is 10.3. The van der Waals surface area contributed by atoms with Crippen LogP contribution in [0.25, 0.3) is 0 Å². The minimum atomic E-state index is -0.783. The molecule has 0 aromatic heterocycles. The van der Waals surface area contributed by atoms with E-state index in [1.807, 2.05) is 6.26 Å². The number of allylic oxidation sites excluding steroid dienone is 1. The number of carbonyl (C=O) groups is 3. The van der Waals surface area contributed by atoms with Crippen LogP contribution < -0.4 is 5.32 Å². The summed E-state index contributed by atoms with van der Waals surface area (Å²) in [6.45, 7) is 2.60. The summed E-state index contributed by atoms with van der Waals surface area (Å²) in [4.78, 5) is 33.5. The highest BCUT2D eigenvalue weighted by molar-refractivity contribution is 7.98. The molecule has 0 saturated heterocycles. The number of amides is 1. The molecule has 0 aromatic carbocycles. The van der Waals surface area contributed by atoms with Crippen molar-refractivity contribution in [1.29, 1.82) is 0 Å². The molecule has 0 atom stereocenters. The summed E-state index contributed by atoms with van der Waals surface area (Å²) in [5, 5.41) is 11.8. The summed E-state index contributed by atoms with van der Waals surface area (Å²) in [5.41, 5.74) is -0.478. The molecular formula is C10H15NO4S. The van der Waals surface area contributed by atoms with Crippen molar-refractivity contribution in [2.45, 2.75) is 13.8 Å². The van der Waals surface area contributed by atoms with E-state index >= 15 is 0 Å². The number of thioether (sulfide) groups is 1. The minimum Gasteiger partial charge on any atom is -0.504 e. The van der Waals surface area contributed by atoms with Gasteiger partial charge in [0, 0.05) is 19.2 Å². The average molecular weight is 245 g/mol. The fourth-order valence-electron chi connectivity index (χ4n) is 0.965. The summed E-state index contributed by atoms with van der Waals surface area (Å²) in [5.74, 6) is -2.14. The number of hydrogen-bond donors (Lipinski definition) is 2. The summed E-state index contributed by atoms with van der Waals surface area (Å²) in [6, 6.07) is 0. The van der Waals surface area contributed by atoms with Crippen LogP contribution in [-0.2, 0) is 14.4 Å². The van der Waals surface area contributed by atoms with Gasteiger partial charge >= 0.3 is 0 Å². The molecular weight excluding hydrogens is 230 g/mol. The molecule has 16 heavy (non-hydrogen) atoms. The monoisotopic (exact) mass is 245 g/mol. The van der Waals surface area contributed by atoms with Crippen molar-refractivity contribution in [3.05, 3.63) is 11.3 Å². The van der Waals surface area contributed by atoms with Gasteiger partial charge in [-0.05, 0) is 13.2 Å². The minimum absolute atomic E-state index is 0.377. The van der Waals surface area contributed by atoms with Crippen molar-refractivity contribution >= 4 is 29.2 Å². The Labute approximate surface area is 98.3 Å². The van der Waals surface area contributed by atoms with Crippen LogP contribution in [0.2, 0.25) is 0 Å². The number of ketones is 2. The second-order valence-electron chi connectivity index (χ2n) is 3.08. The normalized spacial score (nSPS) is 11.7. The quantitative estimate of drug-likeness (QED) is 0.233. The van der Waals surface area contributed by atoms with E-state index in [-0.39, 0.29) is 0 Å². The van der Waals surface area contributed by atoms with E-state index < -0.39 is 28.8 Å². The van der Waals surface area contributed by atoms with Crippen molar-refractivity contribution in [2.75, 3.05) is 18.6 Å². The fraction of sp³-hybridized carbons (Fsp3) is 0.500. The Morgan fingerprint density at radius 2 is 1.75 bits per heavy atom. The first-order valence-electron chi connectivity index (χ1n) is 4.64. The SMILES string of the molecule is CSCCNC(=O)C(C(C)=O)=C(O)C(C)=O. The number of aliphatic hydroxyl groups excluding tert-OH is 1. The predicted octanol–water partition coefficient (Wildman–Crippen LogP) is 0.456. The Morgan fingerprint density at radius 1 is 1.19 bits per heavy atom. The van der Waals surface area contributed by atoms with Gasteiger partial charge in [-0.15, -0.1) is 0 Å². The van der Waals surface area contributed by atoms with Crippen LogP contribution in [0.1, 0.15) is 13.8 Å². The zero-order chi connectivity index (χ0) is 12.7. The lowest BCUT2D eigenvalue weighted by molar-refractivity contribution is -0.124. The highest BCUT2D eigenvalue weighted by Crippen LogP contribution is 2.05. The van der Waals surface area contributed by atoms with Gasteiger partial charge in [0.05, 0.1) is 0 Å². The number of aliphatic hydroxyl groups is 1. The molecule has 0 spiro atoms. The molecule has 0 heterocycles. The fourth-order valence-corrected chi connectivity index (χ4v) is 1.27. The molecule has 0 saturated carbocycles. The maximum absolute atomic E-state index is 11.5. The Hall–Kier alpha value is -1.30. The third-order valence-corrected chi connectivity index (χ3v) is 2.35. The van der Waals surface area contributed by atoms with Crippen LogP contribution >= 0.6 is 11.8 Å². The molecule has 0 aromatic rings. The van der Waals surface area contributed by atoms with Gasteiger partial charge in [-0.3, -0.25) is 14.4 Å². The topological polar surface area (TPSA) is 83.5 Å². The number of carbonyl (C=O) groups excluding carboxylic acids is 3. The molecule has 0 radical (unpaired) electrons. The van der Waals surface area contributed by atoms with Crippen molar-refractivity contribution < 1.29 is 19.5 Å². The van der Waals surface area contributed by atoms with Gasteiger partial charge in [-0.25, -0.2) is 0 Å². The number of Topliss-reactive ketones (excluding diaryl/α,β-unsaturated/α-hetero) is 2. The molecule has 0 aliphatic carbocycles. The van der Waals surface area contributed by atoms with Crippen LogP contribution in [0.15, 0.2) is 11.3 Å². The van der Waals surface area contributed by atoms with Crippen LogP contribution in [0.3, 0.4) is 0 Å². The van der Waals surface area contributed by atoms with Crippen molar-refractivity contribution in [1.82, 2.24) is 5.32 Å². The van der Waals surface area contributed by atoms with E-state index in [1.54, 1.807) is 0 Å². The lowest BCUT2D eigenvalue weighted by atomic mass is 10.1. The number of hydrogen-bond acceptors (Lipinski definition) is 5. The molecule has 6 heteroatoms. The standard InChI is InChI=1S/C10H15NO4S/c1-6(12)8(9(14)7(2)13)10(15)11-4-5-16-3/h14H,4-5H2,1-3H3,(H,11,15). The highest BCUT2D eigenvalue weighted by Gasteiger charge is 2.21. The van der Waals surface area contributed by atoms with E-state index in [0.29, 0.717) is 12.3 Å². The molecule has 0 fully saturated rings. The third-order valence-electron chi connectivity index (χ3n) is 1.74. The molecule has 0 aliphatic heterocycles. The first-order chi connectivity index (χ1) is 7.41. The summed E-state index contributed by atoms with van der Waals surface area (Å²) >= 11 is 1.53. The molecule has 1 amide bonds. The third kappa shape index (κ3) is 4.48. The maximum Gasteiger partial charge on any atom is 0.258 e. The van der Waals surface area contributed by atoms with Crippen LogP contribution in [0, 0.1) is 0 Å². The first kappa shape index (κ1) is 14.7. The smallest absolute Gasteiger partial charge is 0.258 e. The van der Waals surface area contributed by atoms with E-state index in [2.05, 4.69) is 5.32 Å². The summed E-state index contributed by atoms with van der Waals surface area (Å²) in [7, 11) is 0. The Kier molecular flexibility index (Phi) is 6.48. The summed E-state index contributed by atoms with van der Waals surface area (Å²) in [6.07, 6.45) is 1.88. The highest BCUT2D eigenvalue weighted by atomic mass is 32.2.